The molecule has 20 heavy (non-hydrogen) atoms. The molecule has 0 saturated heterocycles. The minimum Gasteiger partial charge on any atom is -0.342 e. The lowest BCUT2D eigenvalue weighted by Crippen LogP contribution is -2.26. The first kappa shape index (κ1) is 11.9. The molecular weight excluding hydrogens is 270 g/mol. The van der Waals surface area contributed by atoms with Crippen LogP contribution < -0.4 is 5.32 Å². The standard InChI is InChI=1S/C15H15N3OS/c1-8-12-14(11-6-3-7-20-11)13-9(4-2-5-10(13)19)16-15(12)18-17-8/h3,6-7,14H,2,4-5H2,1H3,(H2,16,17,18)/t14-/m1/s1. The van der Waals surface area contributed by atoms with Gasteiger partial charge in [-0.05, 0) is 31.2 Å². The second-order valence-electron chi connectivity index (χ2n) is 5.35. The Balaban J connectivity index is 1.96. The fraction of sp³-hybridized carbons (Fsp3) is 0.333. The Morgan fingerprint density at radius 3 is 3.10 bits per heavy atom. The zero-order valence-electron chi connectivity index (χ0n) is 11.2. The number of nitrogens with zero attached hydrogens (tertiary/aromatic N) is 1. The molecule has 3 heterocycles. The molecule has 5 heteroatoms. The molecule has 0 amide bonds. The summed E-state index contributed by atoms with van der Waals surface area (Å²) in [4.78, 5) is 13.7. The third kappa shape index (κ3) is 1.59. The van der Waals surface area contributed by atoms with Crippen molar-refractivity contribution >= 4 is 22.9 Å². The Hall–Kier alpha value is -1.88. The van der Waals surface area contributed by atoms with E-state index in [1.807, 2.05) is 13.0 Å². The van der Waals surface area contributed by atoms with E-state index in [2.05, 4.69) is 27.0 Å². The van der Waals surface area contributed by atoms with Crippen LogP contribution >= 0.6 is 11.3 Å². The predicted octanol–water partition coefficient (Wildman–Crippen LogP) is 3.34. The summed E-state index contributed by atoms with van der Waals surface area (Å²) < 4.78 is 0. The fourth-order valence-electron chi connectivity index (χ4n) is 3.24. The van der Waals surface area contributed by atoms with Crippen molar-refractivity contribution in [3.63, 3.8) is 0 Å². The zero-order chi connectivity index (χ0) is 13.7. The SMILES string of the molecule is Cc1[nH]nc2c1[C@@H](c1cccs1)C1=C(CCCC1=O)N2. The molecule has 0 saturated carbocycles. The van der Waals surface area contributed by atoms with Gasteiger partial charge in [0.25, 0.3) is 0 Å². The number of ketones is 1. The number of nitrogens with one attached hydrogen (secondary N) is 2. The predicted molar refractivity (Wildman–Crippen MR) is 79.0 cm³/mol. The molecule has 4 rings (SSSR count). The van der Waals surface area contributed by atoms with Crippen molar-refractivity contribution in [3.05, 3.63) is 44.9 Å². The lowest BCUT2D eigenvalue weighted by atomic mass is 9.79. The fourth-order valence-corrected chi connectivity index (χ4v) is 4.09. The second-order valence-corrected chi connectivity index (χ2v) is 6.33. The first-order valence-electron chi connectivity index (χ1n) is 6.87. The Labute approximate surface area is 120 Å². The number of Topliss-reactive ketones (excluding diaryl/α,β-unsaturated/α-hetero) is 1. The Bertz CT molecular complexity index is 712. The summed E-state index contributed by atoms with van der Waals surface area (Å²) in [6, 6.07) is 4.16. The molecule has 1 aliphatic heterocycles. The molecule has 0 aromatic carbocycles. The highest BCUT2D eigenvalue weighted by atomic mass is 32.1. The van der Waals surface area contributed by atoms with Crippen LogP contribution in [0.1, 0.15) is 41.3 Å². The molecule has 4 nitrogen and oxygen atoms in total. The van der Waals surface area contributed by atoms with Gasteiger partial charge in [-0.15, -0.1) is 11.3 Å². The quantitative estimate of drug-likeness (QED) is 0.845. The van der Waals surface area contributed by atoms with Crippen LogP contribution in [0.3, 0.4) is 0 Å². The lowest BCUT2D eigenvalue weighted by molar-refractivity contribution is -0.116. The van der Waals surface area contributed by atoms with E-state index in [1.165, 1.54) is 4.88 Å². The Morgan fingerprint density at radius 2 is 2.30 bits per heavy atom. The lowest BCUT2D eigenvalue weighted by Gasteiger charge is -2.31. The molecule has 102 valence electrons. The van der Waals surface area contributed by atoms with Gasteiger partial charge in [0.15, 0.2) is 11.6 Å². The molecule has 2 aromatic rings. The molecule has 2 N–H and O–H groups in total. The third-order valence-electron chi connectivity index (χ3n) is 4.13. The molecule has 0 unspecified atom stereocenters. The first-order valence-corrected chi connectivity index (χ1v) is 7.75. The molecule has 0 spiro atoms. The van der Waals surface area contributed by atoms with Crippen molar-refractivity contribution in [1.82, 2.24) is 10.2 Å². The van der Waals surface area contributed by atoms with Crippen LogP contribution in [0.15, 0.2) is 28.8 Å². The molecule has 0 bridgehead atoms. The van der Waals surface area contributed by atoms with E-state index in [-0.39, 0.29) is 11.7 Å². The van der Waals surface area contributed by atoms with Gasteiger partial charge in [-0.25, -0.2) is 0 Å². The van der Waals surface area contributed by atoms with Crippen LogP contribution in [0.5, 0.6) is 0 Å². The normalized spacial score (nSPS) is 21.4. The zero-order valence-corrected chi connectivity index (χ0v) is 12.0. The number of thiophene rings is 1. The monoisotopic (exact) mass is 285 g/mol. The average Bonchev–Trinajstić information content (AvgIpc) is 3.08. The van der Waals surface area contributed by atoms with E-state index < -0.39 is 0 Å². The van der Waals surface area contributed by atoms with Crippen LogP contribution in [0.25, 0.3) is 0 Å². The molecule has 0 fully saturated rings. The number of carbonyl (C=O) groups excluding carboxylic acids is 1. The van der Waals surface area contributed by atoms with Gasteiger partial charge in [-0.2, -0.15) is 5.10 Å². The summed E-state index contributed by atoms with van der Waals surface area (Å²) >= 11 is 1.71. The van der Waals surface area contributed by atoms with E-state index in [1.54, 1.807) is 11.3 Å². The molecule has 2 aromatic heterocycles. The smallest absolute Gasteiger partial charge is 0.161 e. The molecule has 1 aliphatic carbocycles. The summed E-state index contributed by atoms with van der Waals surface area (Å²) in [5.74, 6) is 1.21. The van der Waals surface area contributed by atoms with Crippen LogP contribution in [0.4, 0.5) is 5.82 Å². The highest BCUT2D eigenvalue weighted by Gasteiger charge is 2.37. The molecular formula is C15H15N3OS. The minimum atomic E-state index is 0.0489. The topological polar surface area (TPSA) is 57.8 Å². The van der Waals surface area contributed by atoms with Crippen LogP contribution in [-0.2, 0) is 4.79 Å². The summed E-state index contributed by atoms with van der Waals surface area (Å²) in [5, 5.41) is 12.8. The number of aromatic nitrogens is 2. The number of allylic oxidation sites excluding steroid dienone is 2. The number of hydrogen-bond donors (Lipinski definition) is 2. The molecule has 0 radical (unpaired) electrons. The first-order chi connectivity index (χ1) is 9.75. The van der Waals surface area contributed by atoms with Crippen LogP contribution in [0, 0.1) is 6.92 Å². The van der Waals surface area contributed by atoms with Crippen LogP contribution in [0.2, 0.25) is 0 Å². The third-order valence-corrected chi connectivity index (χ3v) is 5.06. The summed E-state index contributed by atoms with van der Waals surface area (Å²) in [7, 11) is 0. The van der Waals surface area contributed by atoms with Gasteiger partial charge in [-0.3, -0.25) is 9.89 Å². The Kier molecular flexibility index (Phi) is 2.57. The Morgan fingerprint density at radius 1 is 1.40 bits per heavy atom. The van der Waals surface area contributed by atoms with Gasteiger partial charge in [0.2, 0.25) is 0 Å². The minimum absolute atomic E-state index is 0.0489. The van der Waals surface area contributed by atoms with Gasteiger partial charge >= 0.3 is 0 Å². The number of rotatable bonds is 1. The maximum absolute atomic E-state index is 12.5. The number of aryl methyl sites for hydroxylation is 1. The van der Waals surface area contributed by atoms with E-state index in [0.29, 0.717) is 6.42 Å². The van der Waals surface area contributed by atoms with Gasteiger partial charge in [0.1, 0.15) is 0 Å². The van der Waals surface area contributed by atoms with E-state index >= 15 is 0 Å². The maximum Gasteiger partial charge on any atom is 0.161 e. The van der Waals surface area contributed by atoms with Crippen molar-refractivity contribution in [2.45, 2.75) is 32.1 Å². The summed E-state index contributed by atoms with van der Waals surface area (Å²) in [6.45, 7) is 2.02. The number of hydrogen-bond acceptors (Lipinski definition) is 4. The largest absolute Gasteiger partial charge is 0.342 e. The summed E-state index contributed by atoms with van der Waals surface area (Å²) in [6.07, 6.45) is 2.53. The molecule has 2 aliphatic rings. The number of aromatic amines is 1. The van der Waals surface area contributed by atoms with Gasteiger partial charge in [0, 0.05) is 33.8 Å². The van der Waals surface area contributed by atoms with Crippen molar-refractivity contribution in [3.8, 4) is 0 Å². The van der Waals surface area contributed by atoms with Crippen molar-refractivity contribution < 1.29 is 4.79 Å². The second kappa shape index (κ2) is 4.31. The number of H-pyrrole nitrogens is 1. The highest BCUT2D eigenvalue weighted by molar-refractivity contribution is 7.10. The van der Waals surface area contributed by atoms with Crippen LogP contribution in [-0.4, -0.2) is 16.0 Å². The average molecular weight is 285 g/mol. The van der Waals surface area contributed by atoms with Gasteiger partial charge < -0.3 is 5.32 Å². The van der Waals surface area contributed by atoms with E-state index in [4.69, 9.17) is 0 Å². The number of carbonyl (C=O) groups is 1. The van der Waals surface area contributed by atoms with Crippen molar-refractivity contribution in [2.75, 3.05) is 5.32 Å². The van der Waals surface area contributed by atoms with Gasteiger partial charge in [0.05, 0.1) is 5.92 Å². The highest BCUT2D eigenvalue weighted by Crippen LogP contribution is 2.46. The van der Waals surface area contributed by atoms with Crippen molar-refractivity contribution in [1.29, 1.82) is 0 Å². The van der Waals surface area contributed by atoms with Gasteiger partial charge in [-0.1, -0.05) is 6.07 Å². The number of fused-ring (bicyclic) bond motifs is 1. The van der Waals surface area contributed by atoms with E-state index in [9.17, 15) is 4.79 Å². The van der Waals surface area contributed by atoms with E-state index in [0.717, 1.165) is 41.2 Å². The van der Waals surface area contributed by atoms with Crippen molar-refractivity contribution in [2.24, 2.45) is 0 Å². The number of anilines is 1. The summed E-state index contributed by atoms with van der Waals surface area (Å²) in [5.41, 5.74) is 4.19. The maximum atomic E-state index is 12.5. The molecule has 1 atom stereocenters.